The zero-order valence-corrected chi connectivity index (χ0v) is 11.3. The van der Waals surface area contributed by atoms with E-state index in [0.717, 1.165) is 37.2 Å². The van der Waals surface area contributed by atoms with Gasteiger partial charge >= 0.3 is 0 Å². The standard InChI is InChI=1S/C13H20N2OS/c1-15(9-5-6-10-16-2)12-8-4-3-7-11(12)13(14)17/h3-4,7-8H,5-6,9-10H2,1-2H3,(H2,14,17). The van der Waals surface area contributed by atoms with Gasteiger partial charge in [0.2, 0.25) is 0 Å². The summed E-state index contributed by atoms with van der Waals surface area (Å²) in [7, 11) is 3.79. The lowest BCUT2D eigenvalue weighted by molar-refractivity contribution is 0.193. The van der Waals surface area contributed by atoms with Gasteiger partial charge in [0.25, 0.3) is 0 Å². The average Bonchev–Trinajstić information content (AvgIpc) is 2.34. The van der Waals surface area contributed by atoms with Gasteiger partial charge in [-0.15, -0.1) is 0 Å². The Bertz CT molecular complexity index is 368. The number of anilines is 1. The Hall–Kier alpha value is -1.13. The van der Waals surface area contributed by atoms with E-state index in [4.69, 9.17) is 22.7 Å². The lowest BCUT2D eigenvalue weighted by Gasteiger charge is -2.22. The topological polar surface area (TPSA) is 38.5 Å². The third-order valence-corrected chi connectivity index (χ3v) is 2.89. The quantitative estimate of drug-likeness (QED) is 0.596. The summed E-state index contributed by atoms with van der Waals surface area (Å²) in [5.41, 5.74) is 7.75. The van der Waals surface area contributed by atoms with Crippen LogP contribution in [0.5, 0.6) is 0 Å². The van der Waals surface area contributed by atoms with Crippen molar-refractivity contribution in [3.8, 4) is 0 Å². The molecule has 0 radical (unpaired) electrons. The predicted molar refractivity (Wildman–Crippen MR) is 76.7 cm³/mol. The van der Waals surface area contributed by atoms with E-state index in [0.29, 0.717) is 4.99 Å². The molecule has 0 unspecified atom stereocenters. The predicted octanol–water partition coefficient (Wildman–Crippen LogP) is 2.18. The molecular formula is C13H20N2OS. The second kappa shape index (κ2) is 7.25. The number of hydrogen-bond donors (Lipinski definition) is 1. The van der Waals surface area contributed by atoms with E-state index >= 15 is 0 Å². The molecule has 0 bridgehead atoms. The first-order valence-corrected chi connectivity index (χ1v) is 6.16. The highest BCUT2D eigenvalue weighted by atomic mass is 32.1. The highest BCUT2D eigenvalue weighted by molar-refractivity contribution is 7.80. The zero-order chi connectivity index (χ0) is 12.7. The minimum Gasteiger partial charge on any atom is -0.389 e. The first-order chi connectivity index (χ1) is 8.16. The lowest BCUT2D eigenvalue weighted by Crippen LogP contribution is -2.23. The summed E-state index contributed by atoms with van der Waals surface area (Å²) in [6, 6.07) is 7.97. The third-order valence-electron chi connectivity index (χ3n) is 2.67. The molecule has 94 valence electrons. The number of hydrogen-bond acceptors (Lipinski definition) is 3. The van der Waals surface area contributed by atoms with Crippen molar-refractivity contribution in [2.24, 2.45) is 5.73 Å². The molecule has 1 rings (SSSR count). The van der Waals surface area contributed by atoms with Crippen LogP contribution >= 0.6 is 12.2 Å². The largest absolute Gasteiger partial charge is 0.389 e. The van der Waals surface area contributed by atoms with Crippen LogP contribution in [0.1, 0.15) is 18.4 Å². The summed E-state index contributed by atoms with van der Waals surface area (Å²) < 4.78 is 5.03. The molecule has 3 nitrogen and oxygen atoms in total. The first kappa shape index (κ1) is 13.9. The molecule has 0 saturated carbocycles. The summed E-state index contributed by atoms with van der Waals surface area (Å²) in [5, 5.41) is 0. The number of nitrogens with zero attached hydrogens (tertiary/aromatic N) is 1. The van der Waals surface area contributed by atoms with Crippen LogP contribution in [0.25, 0.3) is 0 Å². The Kier molecular flexibility index (Phi) is 5.94. The van der Waals surface area contributed by atoms with Crippen LogP contribution < -0.4 is 10.6 Å². The molecule has 4 heteroatoms. The van der Waals surface area contributed by atoms with Gasteiger partial charge in [0.1, 0.15) is 4.99 Å². The first-order valence-electron chi connectivity index (χ1n) is 5.75. The summed E-state index contributed by atoms with van der Waals surface area (Å²) in [6.45, 7) is 1.79. The molecular weight excluding hydrogens is 232 g/mol. The maximum atomic E-state index is 5.71. The number of methoxy groups -OCH3 is 1. The van der Waals surface area contributed by atoms with Gasteiger partial charge < -0.3 is 15.4 Å². The van der Waals surface area contributed by atoms with E-state index < -0.39 is 0 Å². The Morgan fingerprint density at radius 1 is 1.35 bits per heavy atom. The van der Waals surface area contributed by atoms with Gasteiger partial charge in [0.15, 0.2) is 0 Å². The van der Waals surface area contributed by atoms with E-state index in [2.05, 4.69) is 11.9 Å². The maximum absolute atomic E-state index is 5.71. The number of thiocarbonyl (C=S) groups is 1. The zero-order valence-electron chi connectivity index (χ0n) is 10.5. The molecule has 0 aromatic heterocycles. The highest BCUT2D eigenvalue weighted by Crippen LogP contribution is 2.19. The summed E-state index contributed by atoms with van der Waals surface area (Å²) in [4.78, 5) is 2.63. The lowest BCUT2D eigenvalue weighted by atomic mass is 10.1. The summed E-state index contributed by atoms with van der Waals surface area (Å²) >= 11 is 5.05. The SMILES string of the molecule is COCCCCN(C)c1ccccc1C(N)=S. The Morgan fingerprint density at radius 3 is 2.71 bits per heavy atom. The van der Waals surface area contributed by atoms with Crippen molar-refractivity contribution >= 4 is 22.9 Å². The molecule has 0 aliphatic rings. The van der Waals surface area contributed by atoms with Crippen LogP contribution in [0.15, 0.2) is 24.3 Å². The van der Waals surface area contributed by atoms with Crippen molar-refractivity contribution in [2.45, 2.75) is 12.8 Å². The molecule has 1 aromatic carbocycles. The van der Waals surface area contributed by atoms with Crippen molar-refractivity contribution in [1.29, 1.82) is 0 Å². The molecule has 17 heavy (non-hydrogen) atoms. The smallest absolute Gasteiger partial charge is 0.106 e. The van der Waals surface area contributed by atoms with Crippen molar-refractivity contribution in [1.82, 2.24) is 0 Å². The second-order valence-corrected chi connectivity index (χ2v) is 4.44. The van der Waals surface area contributed by atoms with E-state index in [1.54, 1.807) is 7.11 Å². The van der Waals surface area contributed by atoms with Crippen LogP contribution in [0.3, 0.4) is 0 Å². The monoisotopic (exact) mass is 252 g/mol. The van der Waals surface area contributed by atoms with Gasteiger partial charge in [-0.25, -0.2) is 0 Å². The van der Waals surface area contributed by atoms with E-state index in [9.17, 15) is 0 Å². The highest BCUT2D eigenvalue weighted by Gasteiger charge is 2.08. The van der Waals surface area contributed by atoms with E-state index in [1.165, 1.54) is 0 Å². The number of benzene rings is 1. The Balaban J connectivity index is 2.62. The fourth-order valence-electron chi connectivity index (χ4n) is 1.73. The van der Waals surface area contributed by atoms with Crippen molar-refractivity contribution in [3.63, 3.8) is 0 Å². The van der Waals surface area contributed by atoms with Gasteiger partial charge in [0, 0.05) is 38.6 Å². The van der Waals surface area contributed by atoms with Crippen LogP contribution in [-0.4, -0.2) is 32.3 Å². The van der Waals surface area contributed by atoms with E-state index in [1.807, 2.05) is 24.3 Å². The van der Waals surface area contributed by atoms with Crippen LogP contribution in [0.2, 0.25) is 0 Å². The van der Waals surface area contributed by atoms with Crippen LogP contribution in [-0.2, 0) is 4.74 Å². The van der Waals surface area contributed by atoms with Gasteiger partial charge in [-0.3, -0.25) is 0 Å². The number of para-hydroxylation sites is 1. The van der Waals surface area contributed by atoms with Crippen LogP contribution in [0, 0.1) is 0 Å². The summed E-state index contributed by atoms with van der Waals surface area (Å²) in [5.74, 6) is 0. The third kappa shape index (κ3) is 4.32. The normalized spacial score (nSPS) is 10.2. The second-order valence-electron chi connectivity index (χ2n) is 4.00. The van der Waals surface area contributed by atoms with E-state index in [-0.39, 0.29) is 0 Å². The number of nitrogens with two attached hydrogens (primary N) is 1. The number of ether oxygens (including phenoxy) is 1. The molecule has 0 amide bonds. The Labute approximate surface area is 109 Å². The maximum Gasteiger partial charge on any atom is 0.106 e. The minimum atomic E-state index is 0.448. The minimum absolute atomic E-state index is 0.448. The number of unbranched alkanes of at least 4 members (excludes halogenated alkanes) is 1. The van der Waals surface area contributed by atoms with Crippen molar-refractivity contribution in [3.05, 3.63) is 29.8 Å². The fourth-order valence-corrected chi connectivity index (χ4v) is 1.90. The van der Waals surface area contributed by atoms with Gasteiger partial charge in [0.05, 0.1) is 0 Å². The number of rotatable bonds is 7. The molecule has 0 heterocycles. The molecule has 0 aliphatic heterocycles. The van der Waals surface area contributed by atoms with Crippen molar-refractivity contribution < 1.29 is 4.74 Å². The van der Waals surface area contributed by atoms with Crippen LogP contribution in [0.4, 0.5) is 5.69 Å². The molecule has 0 saturated heterocycles. The molecule has 0 aliphatic carbocycles. The van der Waals surface area contributed by atoms with Gasteiger partial charge in [-0.1, -0.05) is 24.4 Å². The molecule has 0 spiro atoms. The molecule has 1 aromatic rings. The molecule has 0 atom stereocenters. The summed E-state index contributed by atoms with van der Waals surface area (Å²) in [6.07, 6.45) is 2.16. The molecule has 2 N–H and O–H groups in total. The van der Waals surface area contributed by atoms with Crippen molar-refractivity contribution in [2.75, 3.05) is 32.2 Å². The van der Waals surface area contributed by atoms with Gasteiger partial charge in [-0.05, 0) is 25.0 Å². The molecule has 0 fully saturated rings. The average molecular weight is 252 g/mol. The van der Waals surface area contributed by atoms with Gasteiger partial charge in [-0.2, -0.15) is 0 Å². The fraction of sp³-hybridized carbons (Fsp3) is 0.462. The Morgan fingerprint density at radius 2 is 2.06 bits per heavy atom.